The van der Waals surface area contributed by atoms with E-state index in [2.05, 4.69) is 48.5 Å². The van der Waals surface area contributed by atoms with E-state index in [1.807, 2.05) is 67.6 Å². The molecular weight excluding hydrogens is 420 g/mol. The van der Waals surface area contributed by atoms with Crippen molar-refractivity contribution in [3.8, 4) is 5.75 Å². The topological polar surface area (TPSA) is 35.5 Å². The third-order valence-electron chi connectivity index (χ3n) is 6.42. The number of ether oxygens (including phenoxy) is 2. The predicted molar refractivity (Wildman–Crippen MR) is 137 cm³/mol. The van der Waals surface area contributed by atoms with Crippen LogP contribution in [0, 0.1) is 0 Å². The molecule has 5 aromatic carbocycles. The van der Waals surface area contributed by atoms with E-state index in [-0.39, 0.29) is 5.97 Å². The first-order chi connectivity index (χ1) is 16.7. The molecule has 0 aliphatic rings. The lowest BCUT2D eigenvalue weighted by molar-refractivity contribution is -0.148. The fourth-order valence-corrected chi connectivity index (χ4v) is 4.50. The van der Waals surface area contributed by atoms with E-state index in [0.29, 0.717) is 0 Å². The number of carbonyl (C=O) groups is 1. The molecule has 0 aromatic heterocycles. The van der Waals surface area contributed by atoms with Gasteiger partial charge in [0.2, 0.25) is 0 Å². The smallest absolute Gasteiger partial charge is 0.314 e. The van der Waals surface area contributed by atoms with Gasteiger partial charge in [0.25, 0.3) is 0 Å². The van der Waals surface area contributed by atoms with E-state index in [1.165, 1.54) is 0 Å². The van der Waals surface area contributed by atoms with E-state index < -0.39 is 12.0 Å². The largest absolute Gasteiger partial charge is 0.497 e. The molecule has 0 aliphatic heterocycles. The molecule has 5 rings (SSSR count). The molecule has 0 bridgehead atoms. The number of carbonyl (C=O) groups excluding carboxylic acids is 1. The number of methoxy groups -OCH3 is 1. The number of esters is 1. The fraction of sp³-hybridized carbons (Fsp3) is 0.129. The van der Waals surface area contributed by atoms with Crippen LogP contribution in [0.3, 0.4) is 0 Å². The molecule has 0 saturated heterocycles. The van der Waals surface area contributed by atoms with Crippen LogP contribution in [0.1, 0.15) is 35.6 Å². The van der Waals surface area contributed by atoms with E-state index in [0.717, 1.165) is 44.0 Å². The van der Waals surface area contributed by atoms with Crippen LogP contribution >= 0.6 is 0 Å². The van der Waals surface area contributed by atoms with Gasteiger partial charge in [-0.15, -0.1) is 0 Å². The molecule has 168 valence electrons. The van der Waals surface area contributed by atoms with E-state index in [1.54, 1.807) is 7.11 Å². The Labute approximate surface area is 199 Å². The van der Waals surface area contributed by atoms with Crippen molar-refractivity contribution in [3.63, 3.8) is 0 Å². The van der Waals surface area contributed by atoms with Gasteiger partial charge >= 0.3 is 5.97 Å². The SMILES string of the molecule is COc1ccc([C@@H](C)C(=O)OC(c2cccc3ccccc23)c2cccc3ccccc23)cc1. The van der Waals surface area contributed by atoms with E-state index in [4.69, 9.17) is 9.47 Å². The number of rotatable bonds is 6. The van der Waals surface area contributed by atoms with Crippen LogP contribution in [-0.4, -0.2) is 13.1 Å². The second kappa shape index (κ2) is 9.40. The van der Waals surface area contributed by atoms with Crippen molar-refractivity contribution in [1.82, 2.24) is 0 Å². The van der Waals surface area contributed by atoms with Crippen molar-refractivity contribution in [1.29, 1.82) is 0 Å². The summed E-state index contributed by atoms with van der Waals surface area (Å²) >= 11 is 0. The van der Waals surface area contributed by atoms with Gasteiger partial charge in [-0.2, -0.15) is 0 Å². The second-order valence-electron chi connectivity index (χ2n) is 8.45. The predicted octanol–water partition coefficient (Wildman–Crippen LogP) is 7.44. The normalized spacial score (nSPS) is 12.1. The molecule has 3 nitrogen and oxygen atoms in total. The lowest BCUT2D eigenvalue weighted by atomic mass is 9.92. The van der Waals surface area contributed by atoms with Crippen molar-refractivity contribution in [3.05, 3.63) is 126 Å². The standard InChI is InChI=1S/C31H26O3/c1-21(22-17-19-25(33-2)20-18-22)31(32)34-30(28-15-7-11-23-9-3-5-13-26(23)28)29-16-8-12-24-10-4-6-14-27(24)29/h3-21,30H,1-2H3/t21-/m1/s1. The van der Waals surface area contributed by atoms with Crippen molar-refractivity contribution < 1.29 is 14.3 Å². The van der Waals surface area contributed by atoms with Gasteiger partial charge in [-0.1, -0.05) is 97.1 Å². The minimum atomic E-state index is -0.537. The first-order valence-corrected chi connectivity index (χ1v) is 11.5. The molecule has 0 spiro atoms. The summed E-state index contributed by atoms with van der Waals surface area (Å²) in [5.41, 5.74) is 2.84. The molecule has 1 atom stereocenters. The van der Waals surface area contributed by atoms with Gasteiger partial charge < -0.3 is 9.47 Å². The minimum Gasteiger partial charge on any atom is -0.497 e. The van der Waals surface area contributed by atoms with Gasteiger partial charge in [-0.25, -0.2) is 0 Å². The maximum atomic E-state index is 13.5. The van der Waals surface area contributed by atoms with Gasteiger partial charge in [0, 0.05) is 11.1 Å². The molecule has 34 heavy (non-hydrogen) atoms. The third-order valence-corrected chi connectivity index (χ3v) is 6.42. The second-order valence-corrected chi connectivity index (χ2v) is 8.45. The van der Waals surface area contributed by atoms with E-state index in [9.17, 15) is 4.79 Å². The number of fused-ring (bicyclic) bond motifs is 2. The molecule has 0 fully saturated rings. The Bertz CT molecular complexity index is 1360. The first kappa shape index (κ1) is 21.7. The van der Waals surface area contributed by atoms with Crippen LogP contribution in [0.4, 0.5) is 0 Å². The summed E-state index contributed by atoms with van der Waals surface area (Å²) in [5.74, 6) is 0.0723. The Morgan fingerprint density at radius 1 is 0.647 bits per heavy atom. The quantitative estimate of drug-likeness (QED) is 0.254. The molecule has 0 aliphatic carbocycles. The van der Waals surface area contributed by atoms with Crippen molar-refractivity contribution >= 4 is 27.5 Å². The molecule has 0 amide bonds. The van der Waals surface area contributed by atoms with Crippen LogP contribution in [0.25, 0.3) is 21.5 Å². The average molecular weight is 447 g/mol. The van der Waals surface area contributed by atoms with Crippen LogP contribution in [0.15, 0.2) is 109 Å². The number of hydrogen-bond acceptors (Lipinski definition) is 3. The molecular formula is C31H26O3. The summed E-state index contributed by atoms with van der Waals surface area (Å²) in [6, 6.07) is 36.3. The fourth-order valence-electron chi connectivity index (χ4n) is 4.50. The van der Waals surface area contributed by atoms with Gasteiger partial charge in [0.1, 0.15) is 5.75 Å². The molecule has 0 heterocycles. The molecule has 5 aromatic rings. The zero-order chi connectivity index (χ0) is 23.5. The summed E-state index contributed by atoms with van der Waals surface area (Å²) < 4.78 is 11.6. The summed E-state index contributed by atoms with van der Waals surface area (Å²) in [6.45, 7) is 1.88. The lowest BCUT2D eigenvalue weighted by Crippen LogP contribution is -2.18. The minimum absolute atomic E-state index is 0.268. The zero-order valence-electron chi connectivity index (χ0n) is 19.3. The van der Waals surface area contributed by atoms with Crippen LogP contribution in [0.5, 0.6) is 5.75 Å². The van der Waals surface area contributed by atoms with Crippen LogP contribution in [0.2, 0.25) is 0 Å². The number of hydrogen-bond donors (Lipinski definition) is 0. The van der Waals surface area contributed by atoms with Gasteiger partial charge in [-0.05, 0) is 46.2 Å². The first-order valence-electron chi connectivity index (χ1n) is 11.5. The Balaban J connectivity index is 1.60. The van der Waals surface area contributed by atoms with Crippen LogP contribution < -0.4 is 4.74 Å². The molecule has 0 unspecified atom stereocenters. The zero-order valence-corrected chi connectivity index (χ0v) is 19.3. The van der Waals surface area contributed by atoms with E-state index >= 15 is 0 Å². The summed E-state index contributed by atoms with van der Waals surface area (Å²) in [7, 11) is 1.63. The maximum Gasteiger partial charge on any atom is 0.314 e. The Kier molecular flexibility index (Phi) is 6.01. The average Bonchev–Trinajstić information content (AvgIpc) is 2.90. The summed E-state index contributed by atoms with van der Waals surface area (Å²) in [5, 5.41) is 4.38. The molecule has 0 N–H and O–H groups in total. The molecule has 0 radical (unpaired) electrons. The molecule has 0 saturated carbocycles. The Hall–Kier alpha value is -4.11. The number of benzene rings is 5. The Morgan fingerprint density at radius 2 is 1.15 bits per heavy atom. The highest BCUT2D eigenvalue weighted by Crippen LogP contribution is 2.37. The van der Waals surface area contributed by atoms with Crippen LogP contribution in [-0.2, 0) is 9.53 Å². The third kappa shape index (κ3) is 4.13. The highest BCUT2D eigenvalue weighted by Gasteiger charge is 2.26. The van der Waals surface area contributed by atoms with Gasteiger partial charge in [0.15, 0.2) is 6.10 Å². The lowest BCUT2D eigenvalue weighted by Gasteiger charge is -2.24. The highest BCUT2D eigenvalue weighted by molar-refractivity contribution is 5.90. The van der Waals surface area contributed by atoms with Crippen molar-refractivity contribution in [2.45, 2.75) is 18.9 Å². The van der Waals surface area contributed by atoms with Crippen molar-refractivity contribution in [2.75, 3.05) is 7.11 Å². The summed E-state index contributed by atoms with van der Waals surface area (Å²) in [4.78, 5) is 13.5. The van der Waals surface area contributed by atoms with Gasteiger partial charge in [-0.3, -0.25) is 4.79 Å². The molecule has 3 heteroatoms. The monoisotopic (exact) mass is 446 g/mol. The Morgan fingerprint density at radius 3 is 1.68 bits per heavy atom. The maximum absolute atomic E-state index is 13.5. The highest BCUT2D eigenvalue weighted by atomic mass is 16.5. The summed E-state index contributed by atoms with van der Waals surface area (Å²) in [6.07, 6.45) is -0.537. The van der Waals surface area contributed by atoms with Crippen molar-refractivity contribution in [2.24, 2.45) is 0 Å². The van der Waals surface area contributed by atoms with Gasteiger partial charge in [0.05, 0.1) is 13.0 Å².